The Labute approximate surface area is 106 Å². The van der Waals surface area contributed by atoms with Gasteiger partial charge in [0.25, 0.3) is 0 Å². The van der Waals surface area contributed by atoms with Crippen LogP contribution in [-0.2, 0) is 9.59 Å². The fraction of sp³-hybridized carbons (Fsp3) is 0.333. The lowest BCUT2D eigenvalue weighted by Crippen LogP contribution is -2.39. The molecule has 3 heteroatoms. The van der Waals surface area contributed by atoms with Crippen LogP contribution >= 0.6 is 0 Å². The summed E-state index contributed by atoms with van der Waals surface area (Å²) < 4.78 is 0. The molecule has 2 rings (SSSR count). The summed E-state index contributed by atoms with van der Waals surface area (Å²) in [5.74, 6) is -1.18. The van der Waals surface area contributed by atoms with Gasteiger partial charge in [-0.15, -0.1) is 0 Å². The number of hydrogen-bond donors (Lipinski definition) is 1. The van der Waals surface area contributed by atoms with Gasteiger partial charge >= 0.3 is 0 Å². The van der Waals surface area contributed by atoms with Gasteiger partial charge in [0, 0.05) is 11.1 Å². The molecule has 0 saturated heterocycles. The summed E-state index contributed by atoms with van der Waals surface area (Å²) >= 11 is 0. The van der Waals surface area contributed by atoms with Gasteiger partial charge in [0.2, 0.25) is 0 Å². The summed E-state index contributed by atoms with van der Waals surface area (Å²) in [5.41, 5.74) is 2.64. The van der Waals surface area contributed by atoms with E-state index in [4.69, 9.17) is 0 Å². The quantitative estimate of drug-likeness (QED) is 0.821. The van der Waals surface area contributed by atoms with Crippen LogP contribution in [0, 0.1) is 12.8 Å². The Morgan fingerprint density at radius 2 is 1.56 bits per heavy atom. The Morgan fingerprint density at radius 3 is 2.11 bits per heavy atom. The third-order valence-electron chi connectivity index (χ3n) is 3.49. The number of carbonyl (C=O) groups excluding carboxylic acids is 2. The number of allylic oxidation sites excluding steroid dienone is 1. The summed E-state index contributed by atoms with van der Waals surface area (Å²) in [6.45, 7) is 5.15. The lowest BCUT2D eigenvalue weighted by Gasteiger charge is -2.25. The monoisotopic (exact) mass is 244 g/mol. The largest absolute Gasteiger partial charge is 0.384 e. The van der Waals surface area contributed by atoms with Gasteiger partial charge in [0.05, 0.1) is 5.92 Å². The summed E-state index contributed by atoms with van der Waals surface area (Å²) in [6.07, 6.45) is -1.20. The molecule has 1 N–H and O–H groups in total. The van der Waals surface area contributed by atoms with Gasteiger partial charge in [-0.3, -0.25) is 9.59 Å². The molecule has 3 nitrogen and oxygen atoms in total. The molecule has 18 heavy (non-hydrogen) atoms. The van der Waals surface area contributed by atoms with Gasteiger partial charge in [-0.25, -0.2) is 0 Å². The zero-order valence-electron chi connectivity index (χ0n) is 10.7. The zero-order chi connectivity index (χ0) is 13.4. The first-order chi connectivity index (χ1) is 8.43. The highest BCUT2D eigenvalue weighted by Gasteiger charge is 2.38. The molecule has 0 aromatic heterocycles. The van der Waals surface area contributed by atoms with Crippen molar-refractivity contribution in [3.63, 3.8) is 0 Å². The second-order valence-electron chi connectivity index (χ2n) is 4.83. The Morgan fingerprint density at radius 1 is 1.00 bits per heavy atom. The number of ketones is 2. The molecule has 1 aliphatic carbocycles. The minimum atomic E-state index is -1.20. The van der Waals surface area contributed by atoms with Gasteiger partial charge in [-0.1, -0.05) is 36.8 Å². The lowest BCUT2D eigenvalue weighted by molar-refractivity contribution is -0.133. The molecule has 94 valence electrons. The third kappa shape index (κ3) is 1.91. The van der Waals surface area contributed by atoms with E-state index in [2.05, 4.69) is 0 Å². The van der Waals surface area contributed by atoms with Crippen LogP contribution < -0.4 is 0 Å². The molecule has 0 heterocycles. The normalized spacial score (nSPS) is 24.7. The van der Waals surface area contributed by atoms with E-state index in [0.717, 1.165) is 11.1 Å². The number of benzene rings is 1. The summed E-state index contributed by atoms with van der Waals surface area (Å²) in [6, 6.07) is 7.49. The molecule has 0 bridgehead atoms. The first kappa shape index (κ1) is 12.7. The van der Waals surface area contributed by atoms with Gasteiger partial charge in [0.15, 0.2) is 11.6 Å². The Balaban J connectivity index is 2.57. The predicted molar refractivity (Wildman–Crippen MR) is 69.0 cm³/mol. The van der Waals surface area contributed by atoms with E-state index in [9.17, 15) is 14.7 Å². The Hall–Kier alpha value is -1.74. The summed E-state index contributed by atoms with van der Waals surface area (Å²) in [4.78, 5) is 24.1. The van der Waals surface area contributed by atoms with Crippen molar-refractivity contribution in [2.75, 3.05) is 0 Å². The number of aryl methyl sites for hydroxylation is 1. The zero-order valence-corrected chi connectivity index (χ0v) is 10.7. The highest BCUT2D eigenvalue weighted by molar-refractivity contribution is 6.31. The van der Waals surface area contributed by atoms with Crippen molar-refractivity contribution in [3.8, 4) is 0 Å². The smallest absolute Gasteiger partial charge is 0.188 e. The van der Waals surface area contributed by atoms with Crippen molar-refractivity contribution in [1.29, 1.82) is 0 Å². The predicted octanol–water partition coefficient (Wildman–Crippen LogP) is 1.92. The van der Waals surface area contributed by atoms with Gasteiger partial charge in [-0.2, -0.15) is 0 Å². The van der Waals surface area contributed by atoms with Crippen LogP contribution in [0.15, 0.2) is 29.8 Å². The lowest BCUT2D eigenvalue weighted by atomic mass is 9.78. The molecular weight excluding hydrogens is 228 g/mol. The van der Waals surface area contributed by atoms with E-state index in [1.807, 2.05) is 31.2 Å². The van der Waals surface area contributed by atoms with Crippen molar-refractivity contribution in [3.05, 3.63) is 41.0 Å². The minimum absolute atomic E-state index is 0.163. The minimum Gasteiger partial charge on any atom is -0.384 e. The molecule has 0 saturated carbocycles. The van der Waals surface area contributed by atoms with E-state index < -0.39 is 12.0 Å². The summed E-state index contributed by atoms with van der Waals surface area (Å²) in [7, 11) is 0. The Kier molecular flexibility index (Phi) is 3.18. The molecule has 0 fully saturated rings. The van der Waals surface area contributed by atoms with Crippen LogP contribution in [-0.4, -0.2) is 22.8 Å². The molecule has 1 aromatic carbocycles. The third-order valence-corrected chi connectivity index (χ3v) is 3.49. The number of aliphatic hydroxyl groups excluding tert-OH is 1. The molecule has 1 aromatic rings. The van der Waals surface area contributed by atoms with Crippen LogP contribution in [0.25, 0.3) is 5.57 Å². The van der Waals surface area contributed by atoms with Gasteiger partial charge < -0.3 is 5.11 Å². The maximum absolute atomic E-state index is 12.2. The average molecular weight is 244 g/mol. The van der Waals surface area contributed by atoms with Crippen molar-refractivity contribution in [1.82, 2.24) is 0 Å². The summed E-state index contributed by atoms with van der Waals surface area (Å²) in [5, 5.41) is 9.69. The fourth-order valence-electron chi connectivity index (χ4n) is 2.21. The molecule has 2 atom stereocenters. The number of rotatable bonds is 1. The Bertz CT molecular complexity index is 537. The topological polar surface area (TPSA) is 54.4 Å². The van der Waals surface area contributed by atoms with E-state index in [1.54, 1.807) is 13.8 Å². The van der Waals surface area contributed by atoms with E-state index >= 15 is 0 Å². The number of aliphatic hydroxyl groups is 1. The van der Waals surface area contributed by atoms with Crippen molar-refractivity contribution in [2.24, 2.45) is 5.92 Å². The molecule has 0 aliphatic heterocycles. The van der Waals surface area contributed by atoms with Gasteiger partial charge in [0.1, 0.15) is 6.10 Å². The average Bonchev–Trinajstić information content (AvgIpc) is 2.36. The highest BCUT2D eigenvalue weighted by Crippen LogP contribution is 2.31. The van der Waals surface area contributed by atoms with Crippen LogP contribution in [0.5, 0.6) is 0 Å². The van der Waals surface area contributed by atoms with E-state index in [1.165, 1.54) is 0 Å². The van der Waals surface area contributed by atoms with Crippen molar-refractivity contribution in [2.45, 2.75) is 26.9 Å². The second-order valence-corrected chi connectivity index (χ2v) is 4.83. The van der Waals surface area contributed by atoms with Crippen LogP contribution in [0.1, 0.15) is 25.0 Å². The van der Waals surface area contributed by atoms with E-state index in [-0.39, 0.29) is 11.6 Å². The molecule has 0 spiro atoms. The molecule has 0 amide bonds. The molecule has 1 aliphatic rings. The van der Waals surface area contributed by atoms with E-state index in [0.29, 0.717) is 11.1 Å². The number of carbonyl (C=O) groups is 2. The first-order valence-electron chi connectivity index (χ1n) is 5.98. The molecule has 0 unspecified atom stereocenters. The van der Waals surface area contributed by atoms with Crippen LogP contribution in [0.2, 0.25) is 0 Å². The fourth-order valence-corrected chi connectivity index (χ4v) is 2.21. The standard InChI is InChI=1S/C15H16O3/c1-8-4-6-11(7-5-8)12-9(2)14(17)15(18)10(3)13(12)16/h4-7,10,15,18H,1-3H3/t10-,15-/m1/s1. The van der Waals surface area contributed by atoms with Crippen molar-refractivity contribution >= 4 is 17.1 Å². The number of Topliss-reactive ketones (excluding diaryl/α,β-unsaturated/α-hetero) is 2. The van der Waals surface area contributed by atoms with Gasteiger partial charge in [-0.05, 0) is 19.4 Å². The molecular formula is C15H16O3. The SMILES string of the molecule is CC1=C(c2ccc(C)cc2)C(=O)[C@@H](C)[C@@H](O)C1=O. The second kappa shape index (κ2) is 4.50. The highest BCUT2D eigenvalue weighted by atomic mass is 16.3. The van der Waals surface area contributed by atoms with Crippen molar-refractivity contribution < 1.29 is 14.7 Å². The number of hydrogen-bond acceptors (Lipinski definition) is 3. The van der Waals surface area contributed by atoms with Crippen LogP contribution in [0.3, 0.4) is 0 Å². The first-order valence-corrected chi connectivity index (χ1v) is 5.98. The maximum Gasteiger partial charge on any atom is 0.188 e. The molecule has 0 radical (unpaired) electrons. The maximum atomic E-state index is 12.2. The van der Waals surface area contributed by atoms with Crippen LogP contribution in [0.4, 0.5) is 0 Å².